The van der Waals surface area contributed by atoms with Crippen LogP contribution in [0.15, 0.2) is 18.2 Å². The maximum absolute atomic E-state index is 11.8. The second-order valence-corrected chi connectivity index (χ2v) is 5.40. The van der Waals surface area contributed by atoms with Crippen LogP contribution in [-0.2, 0) is 10.1 Å². The van der Waals surface area contributed by atoms with Crippen molar-refractivity contribution in [2.45, 2.75) is 12.3 Å². The lowest BCUT2D eigenvalue weighted by molar-refractivity contribution is 0.0531. The van der Waals surface area contributed by atoms with E-state index in [1.54, 1.807) is 6.92 Å². The van der Waals surface area contributed by atoms with Gasteiger partial charge in [0.25, 0.3) is 0 Å². The van der Waals surface area contributed by atoms with Crippen LogP contribution < -0.4 is 0 Å². The summed E-state index contributed by atoms with van der Waals surface area (Å²) >= 11 is 11.0. The molecule has 90 valence electrons. The molecule has 1 aromatic heterocycles. The lowest BCUT2D eigenvalue weighted by Crippen LogP contribution is -2.04. The van der Waals surface area contributed by atoms with Gasteiger partial charge in [0.1, 0.15) is 4.88 Å². The van der Waals surface area contributed by atoms with Gasteiger partial charge in [-0.15, -0.1) is 11.3 Å². The highest BCUT2D eigenvalue weighted by Gasteiger charge is 2.19. The first kappa shape index (κ1) is 12.9. The Balaban J connectivity index is 2.64. The van der Waals surface area contributed by atoms with Crippen LogP contribution in [0.1, 0.15) is 22.2 Å². The smallest absolute Gasteiger partial charge is 0.348 e. The summed E-state index contributed by atoms with van der Waals surface area (Å²) in [6.07, 6.45) is 0. The lowest BCUT2D eigenvalue weighted by atomic mass is 10.1. The third-order valence-corrected chi connectivity index (χ3v) is 4.41. The normalized spacial score (nSPS) is 10.8. The Hall–Kier alpha value is -0.580. The third-order valence-electron chi connectivity index (χ3n) is 2.36. The van der Waals surface area contributed by atoms with Crippen LogP contribution in [0, 0.1) is 0 Å². The second-order valence-electron chi connectivity index (χ2n) is 3.38. The molecular formula is C12H10BrClO2S. The Morgan fingerprint density at radius 1 is 1.53 bits per heavy atom. The molecule has 0 fully saturated rings. The molecule has 0 atom stereocenters. The van der Waals surface area contributed by atoms with Crippen LogP contribution in [0.25, 0.3) is 10.1 Å². The number of carbonyl (C=O) groups excluding carboxylic acids is 1. The summed E-state index contributed by atoms with van der Waals surface area (Å²) in [5.74, 6) is -0.279. The molecule has 1 aromatic carbocycles. The Bertz CT molecular complexity index is 565. The lowest BCUT2D eigenvalue weighted by Gasteiger charge is -2.01. The monoisotopic (exact) mass is 332 g/mol. The number of fused-ring (bicyclic) bond motifs is 1. The van der Waals surface area contributed by atoms with Crippen molar-refractivity contribution in [1.82, 2.24) is 0 Å². The number of rotatable bonds is 3. The van der Waals surface area contributed by atoms with Gasteiger partial charge < -0.3 is 4.74 Å². The average molecular weight is 334 g/mol. The number of hydrogen-bond donors (Lipinski definition) is 0. The Kier molecular flexibility index (Phi) is 4.07. The minimum absolute atomic E-state index is 0.279. The van der Waals surface area contributed by atoms with Gasteiger partial charge in [0.15, 0.2) is 0 Å². The van der Waals surface area contributed by atoms with Gasteiger partial charge in [-0.2, -0.15) is 0 Å². The minimum atomic E-state index is -0.279. The summed E-state index contributed by atoms with van der Waals surface area (Å²) < 4.78 is 6.06. The number of ether oxygens (including phenoxy) is 1. The highest BCUT2D eigenvalue weighted by Crippen LogP contribution is 2.37. The molecule has 0 unspecified atom stereocenters. The van der Waals surface area contributed by atoms with Crippen molar-refractivity contribution in [3.05, 3.63) is 33.7 Å². The van der Waals surface area contributed by atoms with E-state index >= 15 is 0 Å². The first-order chi connectivity index (χ1) is 8.19. The molecule has 0 aliphatic rings. The fraction of sp³-hybridized carbons (Fsp3) is 0.250. The topological polar surface area (TPSA) is 26.3 Å². The third kappa shape index (κ3) is 2.34. The summed E-state index contributed by atoms with van der Waals surface area (Å²) in [6.45, 7) is 2.18. The molecule has 0 N–H and O–H groups in total. The van der Waals surface area contributed by atoms with E-state index in [0.29, 0.717) is 21.8 Å². The van der Waals surface area contributed by atoms with Gasteiger partial charge >= 0.3 is 5.97 Å². The molecule has 2 aromatic rings. The van der Waals surface area contributed by atoms with Crippen LogP contribution in [0.2, 0.25) is 5.02 Å². The number of thiophene rings is 1. The van der Waals surface area contributed by atoms with Gasteiger partial charge in [0, 0.05) is 20.4 Å². The predicted octanol–water partition coefficient (Wildman–Crippen LogP) is 4.63. The fourth-order valence-electron chi connectivity index (χ4n) is 1.66. The van der Waals surface area contributed by atoms with Crippen molar-refractivity contribution in [2.24, 2.45) is 0 Å². The first-order valence-corrected chi connectivity index (χ1v) is 7.43. The molecule has 2 rings (SSSR count). The average Bonchev–Trinajstić information content (AvgIpc) is 2.69. The highest BCUT2D eigenvalue weighted by molar-refractivity contribution is 9.08. The van der Waals surface area contributed by atoms with E-state index in [4.69, 9.17) is 16.3 Å². The number of benzene rings is 1. The summed E-state index contributed by atoms with van der Waals surface area (Å²) in [4.78, 5) is 12.5. The number of carbonyl (C=O) groups is 1. The molecule has 0 saturated carbocycles. The zero-order valence-electron chi connectivity index (χ0n) is 9.13. The van der Waals surface area contributed by atoms with Gasteiger partial charge in [-0.3, -0.25) is 0 Å². The van der Waals surface area contributed by atoms with Gasteiger partial charge in [-0.05, 0) is 24.6 Å². The maximum atomic E-state index is 11.8. The molecule has 0 amide bonds. The summed E-state index contributed by atoms with van der Waals surface area (Å²) in [7, 11) is 0. The molecule has 0 aliphatic heterocycles. The summed E-state index contributed by atoms with van der Waals surface area (Å²) in [6, 6.07) is 5.67. The SMILES string of the molecule is CCOC(=O)c1sc2cccc(Cl)c2c1CBr. The number of hydrogen-bond acceptors (Lipinski definition) is 3. The van der Waals surface area contributed by atoms with Crippen molar-refractivity contribution in [3.8, 4) is 0 Å². The van der Waals surface area contributed by atoms with Crippen LogP contribution in [0.4, 0.5) is 0 Å². The fourth-order valence-corrected chi connectivity index (χ4v) is 3.89. The molecule has 0 saturated heterocycles. The van der Waals surface area contributed by atoms with Crippen LogP contribution >= 0.6 is 38.9 Å². The summed E-state index contributed by atoms with van der Waals surface area (Å²) in [5.41, 5.74) is 0.911. The first-order valence-electron chi connectivity index (χ1n) is 5.12. The van der Waals surface area contributed by atoms with E-state index in [0.717, 1.165) is 15.6 Å². The number of halogens is 2. The molecule has 17 heavy (non-hydrogen) atoms. The molecule has 0 radical (unpaired) electrons. The number of alkyl halides is 1. The standard InChI is InChI=1S/C12H10BrClO2S/c1-2-16-12(15)11-7(6-13)10-8(14)4-3-5-9(10)17-11/h3-5H,2,6H2,1H3. The van der Waals surface area contributed by atoms with Crippen LogP contribution in [-0.4, -0.2) is 12.6 Å². The van der Waals surface area contributed by atoms with Gasteiger partial charge in [0.2, 0.25) is 0 Å². The molecule has 0 spiro atoms. The molecular weight excluding hydrogens is 324 g/mol. The van der Waals surface area contributed by atoms with Crippen molar-refractivity contribution >= 4 is 54.9 Å². The molecule has 0 bridgehead atoms. The molecule has 1 heterocycles. The molecule has 5 heteroatoms. The molecule has 2 nitrogen and oxygen atoms in total. The van der Waals surface area contributed by atoms with E-state index in [2.05, 4.69) is 15.9 Å². The molecule has 0 aliphatic carbocycles. The summed E-state index contributed by atoms with van der Waals surface area (Å²) in [5, 5.41) is 2.20. The van der Waals surface area contributed by atoms with E-state index in [1.165, 1.54) is 11.3 Å². The Labute approximate surface area is 117 Å². The van der Waals surface area contributed by atoms with E-state index in [9.17, 15) is 4.79 Å². The highest BCUT2D eigenvalue weighted by atomic mass is 79.9. The predicted molar refractivity (Wildman–Crippen MR) is 75.4 cm³/mol. The largest absolute Gasteiger partial charge is 0.462 e. The quantitative estimate of drug-likeness (QED) is 0.605. The van der Waals surface area contributed by atoms with Gasteiger partial charge in [-0.25, -0.2) is 4.79 Å². The van der Waals surface area contributed by atoms with Crippen molar-refractivity contribution in [2.75, 3.05) is 6.61 Å². The van der Waals surface area contributed by atoms with E-state index in [-0.39, 0.29) is 5.97 Å². The van der Waals surface area contributed by atoms with Crippen molar-refractivity contribution < 1.29 is 9.53 Å². The minimum Gasteiger partial charge on any atom is -0.462 e. The maximum Gasteiger partial charge on any atom is 0.348 e. The Morgan fingerprint density at radius 3 is 2.94 bits per heavy atom. The van der Waals surface area contributed by atoms with E-state index < -0.39 is 0 Å². The van der Waals surface area contributed by atoms with Crippen LogP contribution in [0.5, 0.6) is 0 Å². The van der Waals surface area contributed by atoms with Crippen LogP contribution in [0.3, 0.4) is 0 Å². The van der Waals surface area contributed by atoms with Gasteiger partial charge in [0.05, 0.1) is 6.61 Å². The van der Waals surface area contributed by atoms with Crippen molar-refractivity contribution in [3.63, 3.8) is 0 Å². The zero-order valence-corrected chi connectivity index (χ0v) is 12.3. The van der Waals surface area contributed by atoms with Crippen molar-refractivity contribution in [1.29, 1.82) is 0 Å². The van der Waals surface area contributed by atoms with E-state index in [1.807, 2.05) is 18.2 Å². The number of esters is 1. The van der Waals surface area contributed by atoms with Gasteiger partial charge in [-0.1, -0.05) is 33.6 Å². The Morgan fingerprint density at radius 2 is 2.29 bits per heavy atom. The zero-order chi connectivity index (χ0) is 12.4. The second kappa shape index (κ2) is 5.38.